The van der Waals surface area contributed by atoms with Gasteiger partial charge in [0.05, 0.1) is 40.8 Å². The Morgan fingerprint density at radius 1 is 0.539 bits per heavy atom. The highest BCUT2D eigenvalue weighted by molar-refractivity contribution is 6.03. The van der Waals surface area contributed by atoms with E-state index in [1.165, 1.54) is 64.9 Å². The summed E-state index contributed by atoms with van der Waals surface area (Å²) in [5, 5.41) is 60.5. The Kier molecular flexibility index (Phi) is 25.5. The zero-order valence-corrected chi connectivity index (χ0v) is 50.4. The molecular weight excluding hydrogens is 1140 g/mol. The predicted molar refractivity (Wildman–Crippen MR) is 334 cm³/mol. The third-order valence-electron chi connectivity index (χ3n) is 14.2. The van der Waals surface area contributed by atoms with Crippen LogP contribution in [0.15, 0.2) is 133 Å². The summed E-state index contributed by atoms with van der Waals surface area (Å²) in [7, 11) is 5.89. The summed E-state index contributed by atoms with van der Waals surface area (Å²) in [6, 6.07) is 18.6. The van der Waals surface area contributed by atoms with Crippen LogP contribution in [0, 0.1) is 0 Å². The zero-order chi connectivity index (χ0) is 63.5. The number of amides is 2. The standard InChI is InChI=1S/C66H77N9O14/c1-84-61-35-45(19-27-57(61)80)15-23-51(76)39-53(78)25-17-47-21-29-59(63(37-47)86-3)88-43-49-41-73(71-69-49)32-11-7-13-55-66(83)75(34-10-6-5-9-31-67)56(65(82)68-55)14-8-12-33-74-42-50(70-72-74)44-89-60-30-22-48(38-64(60)87-4)18-26-54(79)40-52(77)24-16-46-20-28-58(81)62(36-46)85-2/h15-30,35-42,55-56,78-81H,5-14,31-34,43-44,67H2,1-4H3,(H,68,82)/b23-15+,24-16+,25-17+,26-18+,53-39-,54-40-/t55-,56-/m0/s1. The van der Waals surface area contributed by atoms with Gasteiger partial charge in [0.25, 0.3) is 0 Å². The number of methoxy groups -OCH3 is 4. The van der Waals surface area contributed by atoms with Crippen LogP contribution in [0.2, 0.25) is 0 Å². The van der Waals surface area contributed by atoms with Crippen LogP contribution in [-0.4, -0.2) is 132 Å². The van der Waals surface area contributed by atoms with Crippen LogP contribution in [0.1, 0.15) is 97.8 Å². The smallest absolute Gasteiger partial charge is 0.245 e. The first-order valence-corrected chi connectivity index (χ1v) is 29.2. The number of phenols is 2. The van der Waals surface area contributed by atoms with E-state index >= 15 is 0 Å². The lowest BCUT2D eigenvalue weighted by Gasteiger charge is -2.39. The first-order chi connectivity index (χ1) is 43.1. The molecule has 23 nitrogen and oxygen atoms in total. The van der Waals surface area contributed by atoms with E-state index in [1.807, 2.05) is 0 Å². The fourth-order valence-electron chi connectivity index (χ4n) is 9.53. The largest absolute Gasteiger partial charge is 0.508 e. The van der Waals surface area contributed by atoms with Crippen molar-refractivity contribution in [2.24, 2.45) is 5.73 Å². The number of carbonyl (C=O) groups excluding carboxylic acids is 4. The molecule has 6 aromatic rings. The van der Waals surface area contributed by atoms with Gasteiger partial charge >= 0.3 is 0 Å². The van der Waals surface area contributed by atoms with E-state index in [2.05, 4.69) is 25.9 Å². The number of aliphatic hydroxyl groups excluding tert-OH is 2. The number of rotatable bonds is 36. The molecule has 0 saturated carbocycles. The number of allylic oxidation sites excluding steroid dienone is 6. The quantitative estimate of drug-likeness (QED) is 0.00924. The number of hydrogen-bond donors (Lipinski definition) is 6. The third-order valence-corrected chi connectivity index (χ3v) is 14.2. The lowest BCUT2D eigenvalue weighted by Crippen LogP contribution is -2.63. The van der Waals surface area contributed by atoms with E-state index in [0.29, 0.717) is 121 Å². The first-order valence-electron chi connectivity index (χ1n) is 29.2. The second-order valence-electron chi connectivity index (χ2n) is 20.8. The molecule has 7 N–H and O–H groups in total. The van der Waals surface area contributed by atoms with E-state index in [4.69, 9.17) is 34.2 Å². The lowest BCUT2D eigenvalue weighted by molar-refractivity contribution is -0.150. The lowest BCUT2D eigenvalue weighted by atomic mass is 9.98. The number of ketones is 2. The number of nitrogens with zero attached hydrogens (tertiary/aromatic N) is 7. The van der Waals surface area contributed by atoms with Crippen LogP contribution >= 0.6 is 0 Å². The van der Waals surface area contributed by atoms with Crippen molar-refractivity contribution in [1.82, 2.24) is 40.2 Å². The molecule has 0 unspecified atom stereocenters. The zero-order valence-electron chi connectivity index (χ0n) is 50.4. The number of aromatic nitrogens is 6. The SMILES string of the molecule is COc1cc(/C=C/C(=O)/C=C(O)/C=C/c2ccc(OCc3cn(CCCC[C@@H]4NC(=O)[C@H](CCCCn5cc(COc6ccc(/C=C/C(O)=C/C(=O)/C=C/c7ccc(O)c(OC)c7)cc6OC)nn5)N(CCCCCCN)C4=O)nn3)c(OC)c2)ccc1O. The molecule has 470 valence electrons. The van der Waals surface area contributed by atoms with Gasteiger partial charge in [-0.25, -0.2) is 0 Å². The van der Waals surface area contributed by atoms with Gasteiger partial charge in [0.15, 0.2) is 57.6 Å². The van der Waals surface area contributed by atoms with Crippen molar-refractivity contribution in [3.05, 3.63) is 167 Å². The number of carbonyl (C=O) groups is 4. The van der Waals surface area contributed by atoms with Crippen LogP contribution < -0.4 is 39.5 Å². The van der Waals surface area contributed by atoms with Crippen molar-refractivity contribution in [3.8, 4) is 46.0 Å². The molecule has 2 aromatic heterocycles. The molecule has 7 rings (SSSR count). The summed E-state index contributed by atoms with van der Waals surface area (Å²) in [6.45, 7) is 2.40. The number of piperazine rings is 1. The Balaban J connectivity index is 0.823. The highest BCUT2D eigenvalue weighted by atomic mass is 16.5. The molecule has 0 radical (unpaired) electrons. The second-order valence-corrected chi connectivity index (χ2v) is 20.8. The number of unbranched alkanes of at least 4 members (excludes halogenated alkanes) is 5. The van der Waals surface area contributed by atoms with Crippen molar-refractivity contribution < 1.29 is 68.0 Å². The molecule has 2 amide bonds. The van der Waals surface area contributed by atoms with Gasteiger partial charge in [-0.2, -0.15) is 0 Å². The van der Waals surface area contributed by atoms with Crippen LogP contribution in [0.5, 0.6) is 46.0 Å². The molecule has 0 bridgehead atoms. The molecule has 1 fully saturated rings. The number of aromatic hydroxyl groups is 2. The van der Waals surface area contributed by atoms with Gasteiger partial charge in [-0.1, -0.05) is 71.8 Å². The Morgan fingerprint density at radius 2 is 0.966 bits per heavy atom. The van der Waals surface area contributed by atoms with E-state index < -0.39 is 23.7 Å². The van der Waals surface area contributed by atoms with Crippen LogP contribution in [0.4, 0.5) is 0 Å². The van der Waals surface area contributed by atoms with Crippen molar-refractivity contribution in [3.63, 3.8) is 0 Å². The molecular formula is C66H77N9O14. The van der Waals surface area contributed by atoms with E-state index in [-0.39, 0.29) is 59.5 Å². The number of aliphatic hydroxyl groups is 2. The van der Waals surface area contributed by atoms with Gasteiger partial charge in [0.2, 0.25) is 11.8 Å². The predicted octanol–water partition coefficient (Wildman–Crippen LogP) is 9.20. The number of nitrogens with one attached hydrogen (secondary N) is 1. The first kappa shape index (κ1) is 66.4. The Bertz CT molecular complexity index is 3550. The number of ether oxygens (including phenoxy) is 6. The average Bonchev–Trinajstić information content (AvgIpc) is 4.40. The molecule has 2 atom stereocenters. The highest BCUT2D eigenvalue weighted by Crippen LogP contribution is 2.32. The summed E-state index contributed by atoms with van der Waals surface area (Å²) in [5.41, 5.74) is 9.55. The van der Waals surface area contributed by atoms with Gasteiger partial charge in [0.1, 0.15) is 48.2 Å². The monoisotopic (exact) mass is 1220 g/mol. The van der Waals surface area contributed by atoms with Gasteiger partial charge in [-0.05, 0) is 153 Å². The maximum atomic E-state index is 14.1. The van der Waals surface area contributed by atoms with Gasteiger partial charge < -0.3 is 64.8 Å². The maximum absolute atomic E-state index is 14.1. The fourth-order valence-corrected chi connectivity index (χ4v) is 9.53. The third kappa shape index (κ3) is 20.8. The number of benzene rings is 4. The molecule has 0 spiro atoms. The molecule has 3 heterocycles. The molecule has 23 heteroatoms. The molecule has 1 aliphatic rings. The van der Waals surface area contributed by atoms with Crippen molar-refractivity contribution in [2.75, 3.05) is 41.5 Å². The van der Waals surface area contributed by atoms with Gasteiger partial charge in [0, 0.05) is 31.8 Å². The Morgan fingerprint density at radius 3 is 1.44 bits per heavy atom. The normalized spacial score (nSPS) is 14.7. The molecule has 89 heavy (non-hydrogen) atoms. The molecule has 1 aliphatic heterocycles. The van der Waals surface area contributed by atoms with Gasteiger partial charge in [-0.3, -0.25) is 28.5 Å². The number of aryl methyl sites for hydroxylation is 2. The minimum atomic E-state index is -0.632. The van der Waals surface area contributed by atoms with E-state index in [1.54, 1.807) is 112 Å². The second kappa shape index (κ2) is 34.2. The minimum absolute atomic E-state index is 0.0175. The summed E-state index contributed by atoms with van der Waals surface area (Å²) in [5.74, 6) is 0.697. The van der Waals surface area contributed by atoms with Crippen molar-refractivity contribution >= 4 is 47.7 Å². The average molecular weight is 1220 g/mol. The van der Waals surface area contributed by atoms with Crippen LogP contribution in [0.25, 0.3) is 24.3 Å². The fraction of sp³-hybridized carbons (Fsp3) is 0.333. The van der Waals surface area contributed by atoms with E-state index in [0.717, 1.165) is 37.8 Å². The summed E-state index contributed by atoms with van der Waals surface area (Å²) < 4.78 is 36.8. The van der Waals surface area contributed by atoms with Crippen LogP contribution in [-0.2, 0) is 45.5 Å². The Labute approximate surface area is 516 Å². The van der Waals surface area contributed by atoms with E-state index in [9.17, 15) is 39.6 Å². The van der Waals surface area contributed by atoms with Crippen molar-refractivity contribution in [2.45, 2.75) is 103 Å². The number of phenolic OH excluding ortho intramolecular Hbond substituents is 2. The minimum Gasteiger partial charge on any atom is -0.508 e. The number of hydrogen-bond acceptors (Lipinski definition) is 19. The topological polar surface area (TPSA) is 307 Å². The molecule has 0 aliphatic carbocycles. The summed E-state index contributed by atoms with van der Waals surface area (Å²) in [6.07, 6.45) is 24.7. The maximum Gasteiger partial charge on any atom is 0.245 e. The Hall–Kier alpha value is -10.2. The summed E-state index contributed by atoms with van der Waals surface area (Å²) in [4.78, 5) is 54.4. The van der Waals surface area contributed by atoms with Crippen molar-refractivity contribution in [1.29, 1.82) is 0 Å². The summed E-state index contributed by atoms with van der Waals surface area (Å²) >= 11 is 0. The van der Waals surface area contributed by atoms with Crippen LogP contribution in [0.3, 0.4) is 0 Å². The molecule has 1 saturated heterocycles. The molecule has 4 aromatic carbocycles. The number of nitrogens with two attached hydrogens (primary N) is 1. The highest BCUT2D eigenvalue weighted by Gasteiger charge is 2.39. The van der Waals surface area contributed by atoms with Gasteiger partial charge in [-0.15, -0.1) is 10.2 Å².